The van der Waals surface area contributed by atoms with Crippen LogP contribution in [0.3, 0.4) is 0 Å². The van der Waals surface area contributed by atoms with Gasteiger partial charge in [-0.3, -0.25) is 9.59 Å². The number of fused-ring (bicyclic) bond motifs is 1. The topological polar surface area (TPSA) is 83.4 Å². The standard InChI is InChI=1S/C31H25ClN4O3S/c1-39-25-14-8-20(9-15-25)27-17-26(22-7-6-19-4-2-3-5-21(19)16-22)35-36(27)31-34-30(38)28(40-31)18-29(37)33-24-12-10-23(32)11-13-24/h2-16,27-28H,17-18H2,1H3,(H,33,37)/t27-,28+/m1/s1. The molecule has 2 atom stereocenters. The molecule has 2 aliphatic rings. The van der Waals surface area contributed by atoms with Crippen LogP contribution < -0.4 is 10.1 Å². The first kappa shape index (κ1) is 26.1. The Bertz CT molecular complexity index is 1650. The predicted octanol–water partition coefficient (Wildman–Crippen LogP) is 6.68. The second-order valence-corrected chi connectivity index (χ2v) is 11.2. The van der Waals surface area contributed by atoms with Gasteiger partial charge in [-0.2, -0.15) is 10.1 Å². The molecule has 2 heterocycles. The van der Waals surface area contributed by atoms with Crippen LogP contribution in [0.2, 0.25) is 5.02 Å². The van der Waals surface area contributed by atoms with Crippen LogP contribution in [-0.2, 0) is 9.59 Å². The van der Waals surface area contributed by atoms with Crippen molar-refractivity contribution in [3.8, 4) is 5.75 Å². The van der Waals surface area contributed by atoms with Gasteiger partial charge in [-0.25, -0.2) is 5.01 Å². The Kier molecular flexibility index (Phi) is 7.28. The number of thioether (sulfide) groups is 1. The van der Waals surface area contributed by atoms with Crippen molar-refractivity contribution in [2.24, 2.45) is 10.1 Å². The van der Waals surface area contributed by atoms with Crippen molar-refractivity contribution < 1.29 is 14.3 Å². The number of nitrogens with one attached hydrogen (secondary N) is 1. The maximum atomic E-state index is 12.9. The molecule has 4 aromatic rings. The van der Waals surface area contributed by atoms with E-state index in [0.717, 1.165) is 33.4 Å². The maximum absolute atomic E-state index is 12.9. The summed E-state index contributed by atoms with van der Waals surface area (Å²) in [7, 11) is 1.64. The summed E-state index contributed by atoms with van der Waals surface area (Å²) in [5.74, 6) is 0.158. The highest BCUT2D eigenvalue weighted by molar-refractivity contribution is 8.15. The Morgan fingerprint density at radius 1 is 1.02 bits per heavy atom. The number of anilines is 1. The zero-order valence-electron chi connectivity index (χ0n) is 21.6. The third-order valence-electron chi connectivity index (χ3n) is 6.92. The molecule has 0 fully saturated rings. The summed E-state index contributed by atoms with van der Waals surface area (Å²) in [5, 5.41) is 12.4. The van der Waals surface area contributed by atoms with Gasteiger partial charge in [0.15, 0.2) is 5.17 Å². The van der Waals surface area contributed by atoms with Crippen molar-refractivity contribution in [3.63, 3.8) is 0 Å². The fourth-order valence-corrected chi connectivity index (χ4v) is 6.02. The highest BCUT2D eigenvalue weighted by atomic mass is 35.5. The monoisotopic (exact) mass is 568 g/mol. The Morgan fingerprint density at radius 3 is 2.52 bits per heavy atom. The molecule has 4 aromatic carbocycles. The van der Waals surface area contributed by atoms with Gasteiger partial charge < -0.3 is 10.1 Å². The van der Waals surface area contributed by atoms with Crippen LogP contribution in [0.5, 0.6) is 5.75 Å². The summed E-state index contributed by atoms with van der Waals surface area (Å²) < 4.78 is 5.34. The predicted molar refractivity (Wildman–Crippen MR) is 161 cm³/mol. The smallest absolute Gasteiger partial charge is 0.262 e. The molecule has 40 heavy (non-hydrogen) atoms. The minimum Gasteiger partial charge on any atom is -0.497 e. The largest absolute Gasteiger partial charge is 0.497 e. The van der Waals surface area contributed by atoms with Gasteiger partial charge in [0.2, 0.25) is 5.91 Å². The molecule has 6 rings (SSSR count). The van der Waals surface area contributed by atoms with E-state index >= 15 is 0 Å². The maximum Gasteiger partial charge on any atom is 0.262 e. The van der Waals surface area contributed by atoms with Crippen molar-refractivity contribution >= 4 is 62.5 Å². The molecule has 9 heteroatoms. The van der Waals surface area contributed by atoms with Crippen molar-refractivity contribution in [2.75, 3.05) is 12.4 Å². The summed E-state index contributed by atoms with van der Waals surface area (Å²) in [6.07, 6.45) is 0.640. The van der Waals surface area contributed by atoms with Crippen LogP contribution in [0.4, 0.5) is 5.69 Å². The van der Waals surface area contributed by atoms with Gasteiger partial charge in [-0.1, -0.05) is 71.9 Å². The molecule has 0 bridgehead atoms. The lowest BCUT2D eigenvalue weighted by atomic mass is 9.97. The first-order valence-corrected chi connectivity index (χ1v) is 14.1. The number of carbonyl (C=O) groups is 2. The Labute approximate surface area is 240 Å². The molecule has 0 saturated carbocycles. The van der Waals surface area contributed by atoms with E-state index in [1.54, 1.807) is 31.4 Å². The Balaban J connectivity index is 1.25. The second kappa shape index (κ2) is 11.2. The zero-order chi connectivity index (χ0) is 27.6. The first-order chi connectivity index (χ1) is 19.5. The van der Waals surface area contributed by atoms with E-state index in [0.29, 0.717) is 22.3 Å². The SMILES string of the molecule is COc1ccc([C@H]2CC(c3ccc4ccccc4c3)=NN2C2=NC(=O)[C@H](CC(=O)Nc3ccc(Cl)cc3)S2)cc1. The van der Waals surface area contributed by atoms with Crippen LogP contribution >= 0.6 is 23.4 Å². The molecule has 200 valence electrons. The molecule has 0 saturated heterocycles. The highest BCUT2D eigenvalue weighted by Crippen LogP contribution is 2.39. The summed E-state index contributed by atoms with van der Waals surface area (Å²) in [6.45, 7) is 0. The van der Waals surface area contributed by atoms with E-state index in [9.17, 15) is 9.59 Å². The molecule has 0 spiro atoms. The summed E-state index contributed by atoms with van der Waals surface area (Å²) in [4.78, 5) is 30.0. The van der Waals surface area contributed by atoms with E-state index in [1.807, 2.05) is 41.4 Å². The number of halogens is 1. The molecule has 0 unspecified atom stereocenters. The van der Waals surface area contributed by atoms with Crippen LogP contribution in [-0.4, -0.2) is 40.1 Å². The molecular weight excluding hydrogens is 544 g/mol. The molecule has 1 N–H and O–H groups in total. The number of hydrogen-bond acceptors (Lipinski definition) is 6. The summed E-state index contributed by atoms with van der Waals surface area (Å²) in [6, 6.07) is 29.1. The molecule has 2 aliphatic heterocycles. The number of rotatable bonds is 6. The molecular formula is C31H25ClN4O3S. The van der Waals surface area contributed by atoms with Gasteiger partial charge in [0.25, 0.3) is 5.91 Å². The van der Waals surface area contributed by atoms with Crippen LogP contribution in [0.1, 0.15) is 30.0 Å². The molecule has 0 aliphatic carbocycles. The Hall–Kier alpha value is -4.14. The van der Waals surface area contributed by atoms with Gasteiger partial charge in [0.1, 0.15) is 11.0 Å². The van der Waals surface area contributed by atoms with Gasteiger partial charge >= 0.3 is 0 Å². The number of ether oxygens (including phenoxy) is 1. The van der Waals surface area contributed by atoms with E-state index in [2.05, 4.69) is 40.6 Å². The average molecular weight is 569 g/mol. The first-order valence-electron chi connectivity index (χ1n) is 12.8. The van der Waals surface area contributed by atoms with Crippen molar-refractivity contribution in [2.45, 2.75) is 24.1 Å². The molecule has 2 amide bonds. The third-order valence-corrected chi connectivity index (χ3v) is 8.31. The van der Waals surface area contributed by atoms with Crippen molar-refractivity contribution in [3.05, 3.63) is 107 Å². The fraction of sp³-hybridized carbons (Fsp3) is 0.161. The van der Waals surface area contributed by atoms with Crippen LogP contribution in [0, 0.1) is 0 Å². The van der Waals surface area contributed by atoms with Crippen LogP contribution in [0.15, 0.2) is 101 Å². The highest BCUT2D eigenvalue weighted by Gasteiger charge is 2.39. The number of nitrogens with zero attached hydrogens (tertiary/aromatic N) is 3. The van der Waals surface area contributed by atoms with E-state index in [1.165, 1.54) is 11.8 Å². The van der Waals surface area contributed by atoms with Gasteiger partial charge in [0, 0.05) is 23.6 Å². The van der Waals surface area contributed by atoms with Crippen molar-refractivity contribution in [1.82, 2.24) is 5.01 Å². The number of carbonyl (C=O) groups excluding carboxylic acids is 2. The lowest BCUT2D eigenvalue weighted by molar-refractivity contribution is -0.121. The van der Waals surface area contributed by atoms with Gasteiger partial charge in [0.05, 0.1) is 18.9 Å². The lowest BCUT2D eigenvalue weighted by Crippen LogP contribution is -2.25. The van der Waals surface area contributed by atoms with E-state index in [-0.39, 0.29) is 24.3 Å². The summed E-state index contributed by atoms with van der Waals surface area (Å²) >= 11 is 7.21. The van der Waals surface area contributed by atoms with E-state index < -0.39 is 5.25 Å². The Morgan fingerprint density at radius 2 is 1.77 bits per heavy atom. The number of aliphatic imine (C=N–C) groups is 1. The zero-order valence-corrected chi connectivity index (χ0v) is 23.2. The number of methoxy groups -OCH3 is 1. The summed E-state index contributed by atoms with van der Waals surface area (Å²) in [5.41, 5.74) is 3.58. The van der Waals surface area contributed by atoms with Gasteiger partial charge in [-0.05, 0) is 64.4 Å². The number of hydrazone groups is 1. The minimum atomic E-state index is -0.626. The number of amidine groups is 1. The fourth-order valence-electron chi connectivity index (χ4n) is 4.83. The van der Waals surface area contributed by atoms with Crippen molar-refractivity contribution in [1.29, 1.82) is 0 Å². The normalized spacial score (nSPS) is 18.6. The third kappa shape index (κ3) is 5.46. The number of amides is 2. The van der Waals surface area contributed by atoms with Crippen LogP contribution in [0.25, 0.3) is 10.8 Å². The number of benzene rings is 4. The lowest BCUT2D eigenvalue weighted by Gasteiger charge is -2.23. The quantitative estimate of drug-likeness (QED) is 0.280. The molecule has 0 radical (unpaired) electrons. The molecule has 0 aromatic heterocycles. The van der Waals surface area contributed by atoms with Gasteiger partial charge in [-0.15, -0.1) is 0 Å². The van der Waals surface area contributed by atoms with E-state index in [4.69, 9.17) is 21.4 Å². The second-order valence-electron chi connectivity index (χ2n) is 9.54. The minimum absolute atomic E-state index is 0.00140. The number of hydrogen-bond donors (Lipinski definition) is 1. The molecule has 7 nitrogen and oxygen atoms in total. The average Bonchev–Trinajstić information content (AvgIpc) is 3.58.